The van der Waals surface area contributed by atoms with E-state index in [0.29, 0.717) is 38.9 Å². The lowest BCUT2D eigenvalue weighted by Crippen LogP contribution is -2.42. The summed E-state index contributed by atoms with van der Waals surface area (Å²) < 4.78 is 26.4. The van der Waals surface area contributed by atoms with Gasteiger partial charge in [0.15, 0.2) is 0 Å². The van der Waals surface area contributed by atoms with Gasteiger partial charge in [0.05, 0.1) is 0 Å². The molecule has 148 valence electrons. The van der Waals surface area contributed by atoms with Crippen LogP contribution in [-0.4, -0.2) is 43.2 Å². The van der Waals surface area contributed by atoms with Gasteiger partial charge in [0.2, 0.25) is 15.9 Å². The van der Waals surface area contributed by atoms with Crippen LogP contribution in [0.25, 0.3) is 6.08 Å². The highest BCUT2D eigenvalue weighted by molar-refractivity contribution is 7.92. The molecule has 2 heterocycles. The Kier molecular flexibility index (Phi) is 6.95. The van der Waals surface area contributed by atoms with Gasteiger partial charge in [-0.1, -0.05) is 36.4 Å². The summed E-state index contributed by atoms with van der Waals surface area (Å²) in [6.07, 6.45) is 5.09. The largest absolute Gasteiger partial charge is 0.355 e. The molecule has 3 rings (SSSR count). The molecule has 0 aliphatic carbocycles. The average Bonchev–Trinajstić information content (AvgIpc) is 2.74. The summed E-state index contributed by atoms with van der Waals surface area (Å²) in [5.74, 6) is -0.152. The van der Waals surface area contributed by atoms with Gasteiger partial charge in [-0.2, -0.15) is 4.31 Å². The third-order valence-corrected chi connectivity index (χ3v) is 6.39. The minimum atomic E-state index is -3.47. The molecule has 7 heteroatoms. The van der Waals surface area contributed by atoms with Gasteiger partial charge in [-0.05, 0) is 36.6 Å². The molecule has 1 aliphatic rings. The fourth-order valence-electron chi connectivity index (χ4n) is 3.19. The number of piperidine rings is 1. The maximum Gasteiger partial charge on any atom is 0.236 e. The van der Waals surface area contributed by atoms with E-state index in [1.807, 2.05) is 48.5 Å². The highest BCUT2D eigenvalue weighted by Gasteiger charge is 2.29. The summed E-state index contributed by atoms with van der Waals surface area (Å²) in [5.41, 5.74) is 1.78. The van der Waals surface area contributed by atoms with E-state index in [4.69, 9.17) is 0 Å². The first-order valence-corrected chi connectivity index (χ1v) is 11.0. The van der Waals surface area contributed by atoms with Crippen molar-refractivity contribution < 1.29 is 13.2 Å². The van der Waals surface area contributed by atoms with E-state index >= 15 is 0 Å². The predicted octanol–water partition coefficient (Wildman–Crippen LogP) is 2.45. The summed E-state index contributed by atoms with van der Waals surface area (Å²) in [4.78, 5) is 16.6. The molecule has 1 aromatic carbocycles. The smallest absolute Gasteiger partial charge is 0.236 e. The Morgan fingerprint density at radius 2 is 1.82 bits per heavy atom. The van der Waals surface area contributed by atoms with Crippen molar-refractivity contribution in [1.29, 1.82) is 0 Å². The normalized spacial score (nSPS) is 16.3. The van der Waals surface area contributed by atoms with E-state index in [0.717, 1.165) is 11.3 Å². The van der Waals surface area contributed by atoms with Gasteiger partial charge >= 0.3 is 0 Å². The first-order chi connectivity index (χ1) is 13.5. The Balaban J connectivity index is 1.45. The van der Waals surface area contributed by atoms with Crippen LogP contribution in [0.3, 0.4) is 0 Å². The van der Waals surface area contributed by atoms with Crippen molar-refractivity contribution >= 4 is 22.0 Å². The number of sulfonamides is 1. The van der Waals surface area contributed by atoms with Crippen LogP contribution in [0.2, 0.25) is 0 Å². The molecular weight excluding hydrogens is 374 g/mol. The summed E-state index contributed by atoms with van der Waals surface area (Å²) in [6, 6.07) is 15.0. The Morgan fingerprint density at radius 1 is 1.11 bits per heavy atom. The second-order valence-electron chi connectivity index (χ2n) is 6.79. The van der Waals surface area contributed by atoms with Gasteiger partial charge in [-0.25, -0.2) is 8.42 Å². The molecule has 28 heavy (non-hydrogen) atoms. The zero-order valence-corrected chi connectivity index (χ0v) is 16.5. The molecule has 1 fully saturated rings. The topological polar surface area (TPSA) is 79.4 Å². The summed E-state index contributed by atoms with van der Waals surface area (Å²) in [5, 5.41) is 4.19. The number of amides is 1. The molecule has 0 atom stereocenters. The fraction of sp³-hybridized carbons (Fsp3) is 0.333. The van der Waals surface area contributed by atoms with Crippen molar-refractivity contribution in [1.82, 2.24) is 14.6 Å². The molecule has 0 radical (unpaired) electrons. The molecule has 1 aromatic heterocycles. The Bertz CT molecular complexity index is 891. The molecule has 1 saturated heterocycles. The minimum Gasteiger partial charge on any atom is -0.355 e. The third kappa shape index (κ3) is 5.74. The SMILES string of the molecule is O=C(NCCc1ccccn1)C1CCN(S(=O)(=O)/C=C/c2ccccc2)CC1. The van der Waals surface area contributed by atoms with Crippen LogP contribution in [0.4, 0.5) is 0 Å². The number of pyridine rings is 1. The number of benzene rings is 1. The van der Waals surface area contributed by atoms with Crippen molar-refractivity contribution in [2.75, 3.05) is 19.6 Å². The molecule has 0 saturated carbocycles. The lowest BCUT2D eigenvalue weighted by molar-refractivity contribution is -0.126. The standard InChI is InChI=1S/C21H25N3O3S/c25-21(23-14-9-20-8-4-5-13-22-20)19-10-15-24(16-11-19)28(26,27)17-12-18-6-2-1-3-7-18/h1-8,12-13,17,19H,9-11,14-16H2,(H,23,25)/b17-12+. The number of nitrogens with zero attached hydrogens (tertiary/aromatic N) is 2. The second-order valence-corrected chi connectivity index (χ2v) is 8.61. The zero-order valence-electron chi connectivity index (χ0n) is 15.7. The van der Waals surface area contributed by atoms with E-state index < -0.39 is 10.0 Å². The molecular formula is C21H25N3O3S. The molecule has 1 aliphatic heterocycles. The van der Waals surface area contributed by atoms with Gasteiger partial charge < -0.3 is 5.32 Å². The van der Waals surface area contributed by atoms with Gasteiger partial charge in [-0.3, -0.25) is 9.78 Å². The van der Waals surface area contributed by atoms with Gasteiger partial charge in [0.25, 0.3) is 0 Å². The van der Waals surface area contributed by atoms with Crippen LogP contribution in [-0.2, 0) is 21.2 Å². The van der Waals surface area contributed by atoms with Crippen molar-refractivity contribution in [2.24, 2.45) is 5.92 Å². The molecule has 0 spiro atoms. The first-order valence-electron chi connectivity index (χ1n) is 9.45. The maximum absolute atomic E-state index is 12.5. The second kappa shape index (κ2) is 9.61. The van der Waals surface area contributed by atoms with E-state index in [1.54, 1.807) is 12.3 Å². The zero-order chi connectivity index (χ0) is 19.8. The molecule has 0 bridgehead atoms. The third-order valence-electron chi connectivity index (χ3n) is 4.82. The summed E-state index contributed by atoms with van der Waals surface area (Å²) >= 11 is 0. The lowest BCUT2D eigenvalue weighted by atomic mass is 9.97. The van der Waals surface area contributed by atoms with Crippen LogP contribution in [0, 0.1) is 5.92 Å². The van der Waals surface area contributed by atoms with Gasteiger partial charge in [0, 0.05) is 49.3 Å². The first kappa shape index (κ1) is 20.2. The van der Waals surface area contributed by atoms with E-state index in [-0.39, 0.29) is 11.8 Å². The summed E-state index contributed by atoms with van der Waals surface area (Å²) in [7, 11) is -3.47. The van der Waals surface area contributed by atoms with Crippen LogP contribution in [0.15, 0.2) is 60.1 Å². The Labute approximate surface area is 166 Å². The molecule has 1 N–H and O–H groups in total. The van der Waals surface area contributed by atoms with Crippen molar-refractivity contribution in [3.8, 4) is 0 Å². The van der Waals surface area contributed by atoms with E-state index in [9.17, 15) is 13.2 Å². The number of hydrogen-bond acceptors (Lipinski definition) is 4. The van der Waals surface area contributed by atoms with E-state index in [2.05, 4.69) is 10.3 Å². The summed E-state index contributed by atoms with van der Waals surface area (Å²) in [6.45, 7) is 1.26. The Hall–Kier alpha value is -2.51. The van der Waals surface area contributed by atoms with Gasteiger partial charge in [-0.15, -0.1) is 0 Å². The van der Waals surface area contributed by atoms with Crippen molar-refractivity contribution in [2.45, 2.75) is 19.3 Å². The highest BCUT2D eigenvalue weighted by atomic mass is 32.2. The van der Waals surface area contributed by atoms with Crippen LogP contribution >= 0.6 is 0 Å². The predicted molar refractivity (Wildman–Crippen MR) is 110 cm³/mol. The number of aromatic nitrogens is 1. The number of carbonyl (C=O) groups excluding carboxylic acids is 1. The number of hydrogen-bond donors (Lipinski definition) is 1. The van der Waals surface area contributed by atoms with Gasteiger partial charge in [0.1, 0.15) is 0 Å². The molecule has 6 nitrogen and oxygen atoms in total. The van der Waals surface area contributed by atoms with Crippen LogP contribution in [0.1, 0.15) is 24.1 Å². The molecule has 0 unspecified atom stereocenters. The fourth-order valence-corrected chi connectivity index (χ4v) is 4.41. The molecule has 2 aromatic rings. The maximum atomic E-state index is 12.5. The van der Waals surface area contributed by atoms with Crippen molar-refractivity contribution in [3.63, 3.8) is 0 Å². The Morgan fingerprint density at radius 3 is 2.50 bits per heavy atom. The number of carbonyl (C=O) groups is 1. The number of rotatable bonds is 7. The lowest BCUT2D eigenvalue weighted by Gasteiger charge is -2.29. The van der Waals surface area contributed by atoms with Crippen molar-refractivity contribution in [3.05, 3.63) is 71.4 Å². The molecule has 1 amide bonds. The quantitative estimate of drug-likeness (QED) is 0.776. The van der Waals surface area contributed by atoms with Crippen LogP contribution in [0.5, 0.6) is 0 Å². The monoisotopic (exact) mass is 399 g/mol. The number of nitrogens with one attached hydrogen (secondary N) is 1. The minimum absolute atomic E-state index is 0.00666. The van der Waals surface area contributed by atoms with Crippen LogP contribution < -0.4 is 5.32 Å². The van der Waals surface area contributed by atoms with E-state index in [1.165, 1.54) is 9.71 Å². The highest BCUT2D eigenvalue weighted by Crippen LogP contribution is 2.21. The average molecular weight is 400 g/mol.